The van der Waals surface area contributed by atoms with Crippen molar-refractivity contribution in [3.05, 3.63) is 53.2 Å². The third-order valence-corrected chi connectivity index (χ3v) is 3.64. The number of amides is 1. The van der Waals surface area contributed by atoms with Crippen molar-refractivity contribution in [3.8, 4) is 0 Å². The summed E-state index contributed by atoms with van der Waals surface area (Å²) < 4.78 is 5.37. The molecule has 21 heavy (non-hydrogen) atoms. The lowest BCUT2D eigenvalue weighted by molar-refractivity contribution is -0.121. The zero-order valence-corrected chi connectivity index (χ0v) is 12.1. The van der Waals surface area contributed by atoms with E-state index in [1.807, 2.05) is 44.2 Å². The van der Waals surface area contributed by atoms with Crippen LogP contribution >= 0.6 is 0 Å². The van der Waals surface area contributed by atoms with Gasteiger partial charge in [-0.15, -0.1) is 10.2 Å². The lowest BCUT2D eigenvalue weighted by Gasteiger charge is -2.03. The fraction of sp³-hybridized carbons (Fsp3) is 0.312. The Labute approximate surface area is 123 Å². The minimum absolute atomic E-state index is 0.0115. The van der Waals surface area contributed by atoms with Crippen LogP contribution < -0.4 is 5.32 Å². The number of carbonyl (C=O) groups is 1. The molecule has 0 saturated carbocycles. The fourth-order valence-electron chi connectivity index (χ4n) is 2.44. The maximum absolute atomic E-state index is 12.2. The molecule has 5 nitrogen and oxygen atoms in total. The number of carbonyl (C=O) groups excluding carboxylic acids is 1. The van der Waals surface area contributed by atoms with Gasteiger partial charge in [0.1, 0.15) is 0 Å². The SMILES string of the molecule is CCc1nnc(CNC(=O)[C@H]2C(C)=C2c2ccccc2)o1. The van der Waals surface area contributed by atoms with Gasteiger partial charge in [0.15, 0.2) is 0 Å². The molecule has 0 radical (unpaired) electrons. The van der Waals surface area contributed by atoms with Gasteiger partial charge in [0.25, 0.3) is 0 Å². The number of nitrogens with one attached hydrogen (secondary N) is 1. The number of benzene rings is 1. The summed E-state index contributed by atoms with van der Waals surface area (Å²) in [5.74, 6) is 0.897. The van der Waals surface area contributed by atoms with Crippen LogP contribution in [-0.2, 0) is 17.8 Å². The van der Waals surface area contributed by atoms with E-state index in [0.29, 0.717) is 18.2 Å². The van der Waals surface area contributed by atoms with Crippen LogP contribution in [0.1, 0.15) is 31.2 Å². The molecule has 1 aromatic carbocycles. The van der Waals surface area contributed by atoms with Crippen LogP contribution in [0.3, 0.4) is 0 Å². The molecule has 1 aliphatic carbocycles. The van der Waals surface area contributed by atoms with Crippen molar-refractivity contribution in [1.82, 2.24) is 15.5 Å². The first-order valence-corrected chi connectivity index (χ1v) is 7.05. The lowest BCUT2D eigenvalue weighted by Crippen LogP contribution is -2.26. The summed E-state index contributed by atoms with van der Waals surface area (Å²) in [6.45, 7) is 4.21. The molecule has 1 N–H and O–H groups in total. The van der Waals surface area contributed by atoms with Crippen molar-refractivity contribution >= 4 is 11.5 Å². The van der Waals surface area contributed by atoms with Crippen LogP contribution in [0.25, 0.3) is 5.57 Å². The van der Waals surface area contributed by atoms with Crippen LogP contribution in [0, 0.1) is 5.92 Å². The van der Waals surface area contributed by atoms with Gasteiger partial charge in [-0.25, -0.2) is 0 Å². The van der Waals surface area contributed by atoms with Gasteiger partial charge in [-0.05, 0) is 18.1 Å². The Morgan fingerprint density at radius 2 is 1.95 bits per heavy atom. The van der Waals surface area contributed by atoms with Gasteiger partial charge in [-0.1, -0.05) is 42.8 Å². The molecule has 2 aromatic rings. The van der Waals surface area contributed by atoms with E-state index in [0.717, 1.165) is 16.7 Å². The van der Waals surface area contributed by atoms with E-state index in [1.165, 1.54) is 0 Å². The Morgan fingerprint density at radius 3 is 2.62 bits per heavy atom. The van der Waals surface area contributed by atoms with Crippen LogP contribution in [-0.4, -0.2) is 16.1 Å². The molecule has 0 bridgehead atoms. The second-order valence-electron chi connectivity index (χ2n) is 5.06. The first-order chi connectivity index (χ1) is 10.2. The zero-order valence-electron chi connectivity index (χ0n) is 12.1. The topological polar surface area (TPSA) is 68.0 Å². The van der Waals surface area contributed by atoms with Crippen molar-refractivity contribution in [3.63, 3.8) is 0 Å². The number of hydrogen-bond donors (Lipinski definition) is 1. The number of hydrogen-bond acceptors (Lipinski definition) is 4. The lowest BCUT2D eigenvalue weighted by atomic mass is 10.1. The quantitative estimate of drug-likeness (QED) is 0.914. The Morgan fingerprint density at radius 1 is 1.24 bits per heavy atom. The van der Waals surface area contributed by atoms with E-state index in [2.05, 4.69) is 15.5 Å². The Bertz CT molecular complexity index is 689. The molecular formula is C16H17N3O2. The van der Waals surface area contributed by atoms with Gasteiger partial charge in [0.2, 0.25) is 17.7 Å². The largest absolute Gasteiger partial charge is 0.423 e. The third-order valence-electron chi connectivity index (χ3n) is 3.64. The molecule has 0 saturated heterocycles. The molecule has 0 unspecified atom stereocenters. The predicted octanol–water partition coefficient (Wildman–Crippen LogP) is 2.35. The van der Waals surface area contributed by atoms with Crippen molar-refractivity contribution in [2.45, 2.75) is 26.8 Å². The predicted molar refractivity (Wildman–Crippen MR) is 78.0 cm³/mol. The van der Waals surface area contributed by atoms with Crippen molar-refractivity contribution in [2.24, 2.45) is 5.92 Å². The van der Waals surface area contributed by atoms with Crippen LogP contribution in [0.4, 0.5) is 0 Å². The highest BCUT2D eigenvalue weighted by molar-refractivity contribution is 6.05. The second-order valence-corrected chi connectivity index (χ2v) is 5.06. The summed E-state index contributed by atoms with van der Waals surface area (Å²) in [7, 11) is 0. The Balaban J connectivity index is 1.58. The van der Waals surface area contributed by atoms with E-state index in [9.17, 15) is 4.79 Å². The van der Waals surface area contributed by atoms with E-state index in [1.54, 1.807) is 0 Å². The molecule has 1 atom stereocenters. The first-order valence-electron chi connectivity index (χ1n) is 7.05. The summed E-state index contributed by atoms with van der Waals surface area (Å²) >= 11 is 0. The second kappa shape index (κ2) is 5.52. The molecule has 0 aliphatic heterocycles. The maximum atomic E-state index is 12.2. The van der Waals surface area contributed by atoms with Gasteiger partial charge in [0, 0.05) is 6.42 Å². The smallest absolute Gasteiger partial charge is 0.235 e. The molecule has 0 spiro atoms. The number of rotatable bonds is 5. The minimum Gasteiger partial charge on any atom is -0.423 e. The molecule has 0 fully saturated rings. The average Bonchev–Trinajstić information content (AvgIpc) is 2.98. The summed E-state index contributed by atoms with van der Waals surface area (Å²) in [5.41, 5.74) is 3.35. The first kappa shape index (κ1) is 13.5. The average molecular weight is 283 g/mol. The molecule has 1 aliphatic rings. The number of aromatic nitrogens is 2. The van der Waals surface area contributed by atoms with Gasteiger partial charge in [-0.2, -0.15) is 0 Å². The van der Waals surface area contributed by atoms with Gasteiger partial charge < -0.3 is 9.73 Å². The van der Waals surface area contributed by atoms with Gasteiger partial charge in [-0.3, -0.25) is 4.79 Å². The monoisotopic (exact) mass is 283 g/mol. The summed E-state index contributed by atoms with van der Waals surface area (Å²) in [4.78, 5) is 12.2. The molecular weight excluding hydrogens is 266 g/mol. The molecule has 1 heterocycles. The highest BCUT2D eigenvalue weighted by Gasteiger charge is 2.39. The summed E-state index contributed by atoms with van der Waals surface area (Å²) in [6, 6.07) is 9.98. The molecule has 3 rings (SSSR count). The molecule has 1 aromatic heterocycles. The van der Waals surface area contributed by atoms with Crippen molar-refractivity contribution in [1.29, 1.82) is 0 Å². The summed E-state index contributed by atoms with van der Waals surface area (Å²) in [5, 5.41) is 10.6. The Hall–Kier alpha value is -2.43. The minimum atomic E-state index is -0.124. The van der Waals surface area contributed by atoms with Gasteiger partial charge in [0.05, 0.1) is 12.5 Å². The van der Waals surface area contributed by atoms with Gasteiger partial charge >= 0.3 is 0 Å². The number of aryl methyl sites for hydroxylation is 1. The van der Waals surface area contributed by atoms with Crippen LogP contribution in [0.5, 0.6) is 0 Å². The molecule has 108 valence electrons. The molecule has 5 heteroatoms. The van der Waals surface area contributed by atoms with E-state index in [4.69, 9.17) is 4.42 Å². The third kappa shape index (κ3) is 2.72. The zero-order chi connectivity index (χ0) is 14.8. The maximum Gasteiger partial charge on any atom is 0.235 e. The van der Waals surface area contributed by atoms with Crippen LogP contribution in [0.15, 0.2) is 40.3 Å². The van der Waals surface area contributed by atoms with Crippen molar-refractivity contribution < 1.29 is 9.21 Å². The summed E-state index contributed by atoms with van der Waals surface area (Å²) in [6.07, 6.45) is 0.697. The highest BCUT2D eigenvalue weighted by Crippen LogP contribution is 2.46. The van der Waals surface area contributed by atoms with Crippen molar-refractivity contribution in [2.75, 3.05) is 0 Å². The van der Waals surface area contributed by atoms with Crippen LogP contribution in [0.2, 0.25) is 0 Å². The number of nitrogens with zero attached hydrogens (tertiary/aromatic N) is 2. The highest BCUT2D eigenvalue weighted by atomic mass is 16.4. The van der Waals surface area contributed by atoms with E-state index in [-0.39, 0.29) is 18.4 Å². The Kier molecular flexibility index (Phi) is 3.56. The van der Waals surface area contributed by atoms with E-state index < -0.39 is 0 Å². The normalized spacial score (nSPS) is 17.0. The molecule has 1 amide bonds. The standard InChI is InChI=1S/C16H17N3O2/c1-3-12-18-19-13(21-12)9-17-16(20)15-10(2)14(15)11-7-5-4-6-8-11/h4-8,15H,3,9H2,1-2H3,(H,17,20)/t15-/m0/s1. The van der Waals surface area contributed by atoms with E-state index >= 15 is 0 Å². The fourth-order valence-corrected chi connectivity index (χ4v) is 2.44.